The highest BCUT2D eigenvalue weighted by Crippen LogP contribution is 2.03. The number of likely N-dealkylation sites (N-methyl/N-ethyl adjacent to an activating group) is 1. The molecule has 0 spiro atoms. The van der Waals surface area contributed by atoms with E-state index in [1.54, 1.807) is 18.9 Å². The minimum Gasteiger partial charge on any atom is -0.481 e. The first-order valence-electron chi connectivity index (χ1n) is 6.20. The van der Waals surface area contributed by atoms with Crippen molar-refractivity contribution >= 4 is 12.0 Å². The van der Waals surface area contributed by atoms with Crippen LogP contribution in [0.2, 0.25) is 0 Å². The van der Waals surface area contributed by atoms with Crippen LogP contribution in [0.25, 0.3) is 0 Å². The largest absolute Gasteiger partial charge is 0.481 e. The monoisotopic (exact) mass is 260 g/mol. The lowest BCUT2D eigenvalue weighted by Gasteiger charge is -2.29. The molecule has 0 aromatic carbocycles. The molecule has 0 heterocycles. The molecule has 0 radical (unpaired) electrons. The van der Waals surface area contributed by atoms with Crippen molar-refractivity contribution in [2.75, 3.05) is 20.3 Å². The van der Waals surface area contributed by atoms with Gasteiger partial charge in [-0.3, -0.25) is 4.79 Å². The summed E-state index contributed by atoms with van der Waals surface area (Å²) in [7, 11) is 1.59. The Kier molecular flexibility index (Phi) is 8.11. The van der Waals surface area contributed by atoms with E-state index in [1.165, 1.54) is 0 Å². The number of rotatable bonds is 8. The smallest absolute Gasteiger partial charge is 0.317 e. The third-order valence-corrected chi connectivity index (χ3v) is 2.70. The topological polar surface area (TPSA) is 78.9 Å². The van der Waals surface area contributed by atoms with Gasteiger partial charge in [-0.15, -0.1) is 0 Å². The van der Waals surface area contributed by atoms with E-state index in [9.17, 15) is 9.59 Å². The summed E-state index contributed by atoms with van der Waals surface area (Å²) in [6.45, 7) is 6.67. The molecule has 0 saturated carbocycles. The zero-order valence-electron chi connectivity index (χ0n) is 11.6. The molecule has 0 rings (SSSR count). The summed E-state index contributed by atoms with van der Waals surface area (Å²) in [6.07, 6.45) is 0.485. The van der Waals surface area contributed by atoms with Crippen LogP contribution in [0.5, 0.6) is 0 Å². The minimum absolute atomic E-state index is 0.00771. The number of amides is 2. The van der Waals surface area contributed by atoms with Gasteiger partial charge in [-0.1, -0.05) is 0 Å². The molecule has 0 bridgehead atoms. The van der Waals surface area contributed by atoms with E-state index < -0.39 is 5.97 Å². The van der Waals surface area contributed by atoms with Gasteiger partial charge < -0.3 is 20.1 Å². The predicted molar refractivity (Wildman–Crippen MR) is 68.6 cm³/mol. The number of nitrogens with zero attached hydrogens (tertiary/aromatic N) is 1. The van der Waals surface area contributed by atoms with Gasteiger partial charge in [0.05, 0.1) is 12.6 Å². The molecule has 0 aromatic rings. The second kappa shape index (κ2) is 8.74. The van der Waals surface area contributed by atoms with Crippen molar-refractivity contribution in [3.05, 3.63) is 0 Å². The Bertz CT molecular complexity index is 271. The number of carboxylic acids is 1. The Morgan fingerprint density at radius 3 is 2.44 bits per heavy atom. The molecule has 106 valence electrons. The highest BCUT2D eigenvalue weighted by atomic mass is 16.5. The number of aliphatic carboxylic acids is 1. The van der Waals surface area contributed by atoms with Crippen molar-refractivity contribution in [1.82, 2.24) is 10.2 Å². The van der Waals surface area contributed by atoms with E-state index in [2.05, 4.69) is 5.32 Å². The Labute approximate surface area is 108 Å². The maximum atomic E-state index is 12.0. The second-order valence-corrected chi connectivity index (χ2v) is 4.37. The maximum Gasteiger partial charge on any atom is 0.317 e. The third kappa shape index (κ3) is 6.44. The fourth-order valence-electron chi connectivity index (χ4n) is 1.69. The number of carbonyl (C=O) groups excluding carboxylic acids is 1. The lowest BCUT2D eigenvalue weighted by atomic mass is 10.2. The molecule has 2 unspecified atom stereocenters. The first-order valence-corrected chi connectivity index (χ1v) is 6.20. The van der Waals surface area contributed by atoms with Crippen LogP contribution in [0.3, 0.4) is 0 Å². The van der Waals surface area contributed by atoms with Gasteiger partial charge in [-0.25, -0.2) is 4.79 Å². The average molecular weight is 260 g/mol. The molecule has 18 heavy (non-hydrogen) atoms. The molecule has 0 aromatic heterocycles. The van der Waals surface area contributed by atoms with E-state index in [-0.39, 0.29) is 24.5 Å². The van der Waals surface area contributed by atoms with E-state index >= 15 is 0 Å². The molecule has 2 atom stereocenters. The van der Waals surface area contributed by atoms with Crippen LogP contribution in [0.4, 0.5) is 4.79 Å². The second-order valence-electron chi connectivity index (χ2n) is 4.37. The summed E-state index contributed by atoms with van der Waals surface area (Å²) in [5.41, 5.74) is 0. The van der Waals surface area contributed by atoms with Crippen LogP contribution in [-0.2, 0) is 9.53 Å². The number of methoxy groups -OCH3 is 1. The molecule has 0 fully saturated rings. The molecule has 0 saturated heterocycles. The molecule has 6 nitrogen and oxygen atoms in total. The summed E-state index contributed by atoms with van der Waals surface area (Å²) in [5.74, 6) is -0.851. The third-order valence-electron chi connectivity index (χ3n) is 2.70. The Balaban J connectivity index is 4.21. The molecular weight excluding hydrogens is 236 g/mol. The number of nitrogens with one attached hydrogen (secondary N) is 1. The SMILES string of the molecule is CCN(C(=O)NC(C)CCC(=O)O)C(C)COC. The first kappa shape index (κ1) is 16.7. The van der Waals surface area contributed by atoms with Crippen molar-refractivity contribution in [2.24, 2.45) is 0 Å². The Hall–Kier alpha value is -1.30. The van der Waals surface area contributed by atoms with Crippen molar-refractivity contribution in [2.45, 2.75) is 45.7 Å². The van der Waals surface area contributed by atoms with Crippen LogP contribution in [0, 0.1) is 0 Å². The number of ether oxygens (including phenoxy) is 1. The number of hydrogen-bond donors (Lipinski definition) is 2. The molecule has 0 aliphatic carbocycles. The summed E-state index contributed by atoms with van der Waals surface area (Å²) >= 11 is 0. The molecular formula is C12H24N2O4. The van der Waals surface area contributed by atoms with E-state index in [0.29, 0.717) is 19.6 Å². The fourth-order valence-corrected chi connectivity index (χ4v) is 1.69. The summed E-state index contributed by atoms with van der Waals surface area (Å²) in [4.78, 5) is 24.1. The van der Waals surface area contributed by atoms with Gasteiger partial charge in [0.2, 0.25) is 0 Å². The van der Waals surface area contributed by atoms with Gasteiger partial charge in [0.1, 0.15) is 0 Å². The quantitative estimate of drug-likeness (QED) is 0.689. The number of carboxylic acid groups (broad SMARTS) is 1. The lowest BCUT2D eigenvalue weighted by Crippen LogP contribution is -2.49. The number of hydrogen-bond acceptors (Lipinski definition) is 3. The average Bonchev–Trinajstić information content (AvgIpc) is 2.27. The van der Waals surface area contributed by atoms with Gasteiger partial charge in [-0.05, 0) is 27.2 Å². The molecule has 2 N–H and O–H groups in total. The normalized spacial score (nSPS) is 13.8. The summed E-state index contributed by atoms with van der Waals surface area (Å²) < 4.78 is 5.02. The van der Waals surface area contributed by atoms with Crippen LogP contribution in [-0.4, -0.2) is 54.4 Å². The van der Waals surface area contributed by atoms with E-state index in [4.69, 9.17) is 9.84 Å². The first-order chi connectivity index (χ1) is 8.42. The van der Waals surface area contributed by atoms with Gasteiger partial charge in [0.15, 0.2) is 0 Å². The van der Waals surface area contributed by atoms with Crippen LogP contribution in [0.15, 0.2) is 0 Å². The zero-order valence-corrected chi connectivity index (χ0v) is 11.6. The van der Waals surface area contributed by atoms with Crippen molar-refractivity contribution in [1.29, 1.82) is 0 Å². The van der Waals surface area contributed by atoms with Gasteiger partial charge >= 0.3 is 12.0 Å². The Morgan fingerprint density at radius 1 is 1.39 bits per heavy atom. The van der Waals surface area contributed by atoms with Crippen LogP contribution >= 0.6 is 0 Å². The fraction of sp³-hybridized carbons (Fsp3) is 0.833. The van der Waals surface area contributed by atoms with Crippen molar-refractivity contribution < 1.29 is 19.4 Å². The van der Waals surface area contributed by atoms with Gasteiger partial charge in [-0.2, -0.15) is 0 Å². The minimum atomic E-state index is -0.851. The highest BCUT2D eigenvalue weighted by molar-refractivity contribution is 5.75. The van der Waals surface area contributed by atoms with Crippen LogP contribution < -0.4 is 5.32 Å². The van der Waals surface area contributed by atoms with E-state index in [1.807, 2.05) is 13.8 Å². The summed E-state index contributed by atoms with van der Waals surface area (Å²) in [5, 5.41) is 11.4. The molecule has 0 aliphatic heterocycles. The summed E-state index contributed by atoms with van der Waals surface area (Å²) in [6, 6.07) is -0.344. The molecule has 2 amide bonds. The predicted octanol–water partition coefficient (Wildman–Crippen LogP) is 1.31. The molecule has 0 aliphatic rings. The van der Waals surface area contributed by atoms with Gasteiger partial charge in [0, 0.05) is 26.1 Å². The standard InChI is InChI=1S/C12H24N2O4/c1-5-14(10(3)8-18-4)12(17)13-9(2)6-7-11(15)16/h9-10H,5-8H2,1-4H3,(H,13,17)(H,15,16). The van der Waals surface area contributed by atoms with Crippen molar-refractivity contribution in [3.63, 3.8) is 0 Å². The van der Waals surface area contributed by atoms with E-state index in [0.717, 1.165) is 0 Å². The Morgan fingerprint density at radius 2 is 2.00 bits per heavy atom. The van der Waals surface area contributed by atoms with Crippen molar-refractivity contribution in [3.8, 4) is 0 Å². The lowest BCUT2D eigenvalue weighted by molar-refractivity contribution is -0.137. The number of urea groups is 1. The highest BCUT2D eigenvalue weighted by Gasteiger charge is 2.19. The maximum absolute atomic E-state index is 12.0. The zero-order chi connectivity index (χ0) is 14.1. The molecule has 6 heteroatoms. The van der Waals surface area contributed by atoms with Crippen LogP contribution in [0.1, 0.15) is 33.6 Å². The van der Waals surface area contributed by atoms with Gasteiger partial charge in [0.25, 0.3) is 0 Å². The number of carbonyl (C=O) groups is 2.